The summed E-state index contributed by atoms with van der Waals surface area (Å²) in [6, 6.07) is 4.98. The molecular formula is C14H12ClN3O5S. The van der Waals surface area contributed by atoms with Crippen LogP contribution in [0.1, 0.15) is 5.56 Å². The fourth-order valence-electron chi connectivity index (χ4n) is 2.40. The lowest BCUT2D eigenvalue weighted by Gasteiger charge is -2.47. The number of carbonyl (C=O) groups is 2. The summed E-state index contributed by atoms with van der Waals surface area (Å²) in [5, 5.41) is 10.5. The summed E-state index contributed by atoms with van der Waals surface area (Å²) < 4.78 is 5.18. The van der Waals surface area contributed by atoms with Crippen LogP contribution in [0.25, 0.3) is 0 Å². The molecule has 0 radical (unpaired) electrons. The maximum absolute atomic E-state index is 12.3. The molecule has 24 heavy (non-hydrogen) atoms. The summed E-state index contributed by atoms with van der Waals surface area (Å²) >= 11 is 7.46. The minimum Gasteiger partial charge on any atom is -0.456 e. The standard InChI is InChI=1S/C14H12ClN3O5S/c15-9-6-24-13-10(16)12(19)17(13)11(9)14(20)23-5-7-1-3-8(4-2-7)18(21)22/h1-4,10,13H,5-6,16H2/t10-,13+/m1/s1. The van der Waals surface area contributed by atoms with E-state index < -0.39 is 16.9 Å². The first kappa shape index (κ1) is 16.7. The SMILES string of the molecule is N[C@@H]1C(=O)N2C(C(=O)OCc3ccc([N+](=O)[O-])cc3)=C(Cl)CS[C@@H]12. The van der Waals surface area contributed by atoms with Gasteiger partial charge in [0.25, 0.3) is 5.69 Å². The molecule has 0 saturated carbocycles. The Kier molecular flexibility index (Phi) is 4.48. The molecule has 2 aliphatic heterocycles. The van der Waals surface area contributed by atoms with Crippen LogP contribution in [0.2, 0.25) is 0 Å². The molecule has 2 heterocycles. The van der Waals surface area contributed by atoms with E-state index in [1.54, 1.807) is 0 Å². The van der Waals surface area contributed by atoms with Gasteiger partial charge in [-0.3, -0.25) is 19.8 Å². The average molecular weight is 370 g/mol. The number of halogens is 1. The van der Waals surface area contributed by atoms with Gasteiger partial charge in [-0.05, 0) is 17.7 Å². The number of hydrogen-bond donors (Lipinski definition) is 1. The van der Waals surface area contributed by atoms with E-state index in [2.05, 4.69) is 0 Å². The number of benzene rings is 1. The van der Waals surface area contributed by atoms with Gasteiger partial charge in [0.15, 0.2) is 0 Å². The predicted octanol–water partition coefficient (Wildman–Crippen LogP) is 1.33. The predicted molar refractivity (Wildman–Crippen MR) is 86.8 cm³/mol. The largest absolute Gasteiger partial charge is 0.456 e. The lowest BCUT2D eigenvalue weighted by molar-refractivity contribution is -0.384. The van der Waals surface area contributed by atoms with Crippen LogP contribution in [0.3, 0.4) is 0 Å². The first-order valence-corrected chi connectivity index (χ1v) is 8.32. The molecule has 0 aliphatic carbocycles. The van der Waals surface area contributed by atoms with Crippen molar-refractivity contribution in [2.45, 2.75) is 18.0 Å². The number of ether oxygens (including phenoxy) is 1. The number of β-lactam (4-membered cyclic amide) rings is 1. The molecule has 10 heteroatoms. The molecule has 1 amide bonds. The zero-order chi connectivity index (χ0) is 17.4. The summed E-state index contributed by atoms with van der Waals surface area (Å²) in [5.74, 6) is -0.706. The molecule has 1 fully saturated rings. The Morgan fingerprint density at radius 3 is 2.75 bits per heavy atom. The van der Waals surface area contributed by atoms with Crippen LogP contribution in [-0.4, -0.2) is 38.9 Å². The van der Waals surface area contributed by atoms with Gasteiger partial charge in [-0.15, -0.1) is 11.8 Å². The van der Waals surface area contributed by atoms with E-state index in [0.29, 0.717) is 11.3 Å². The Hall–Kier alpha value is -2.10. The molecule has 3 rings (SSSR count). The number of nitrogens with two attached hydrogens (primary N) is 1. The van der Waals surface area contributed by atoms with Crippen molar-refractivity contribution in [3.8, 4) is 0 Å². The number of esters is 1. The number of carbonyl (C=O) groups excluding carboxylic acids is 2. The van der Waals surface area contributed by atoms with Gasteiger partial charge >= 0.3 is 5.97 Å². The zero-order valence-corrected chi connectivity index (χ0v) is 13.7. The van der Waals surface area contributed by atoms with Gasteiger partial charge in [-0.1, -0.05) is 11.6 Å². The Bertz CT molecular complexity index is 751. The Morgan fingerprint density at radius 1 is 1.46 bits per heavy atom. The molecule has 1 aromatic rings. The highest BCUT2D eigenvalue weighted by Crippen LogP contribution is 2.40. The number of hydrogen-bond acceptors (Lipinski definition) is 7. The Labute approximate surface area is 145 Å². The number of nitro groups is 1. The van der Waals surface area contributed by atoms with Crippen LogP contribution >= 0.6 is 23.4 Å². The van der Waals surface area contributed by atoms with Crippen molar-refractivity contribution in [2.75, 3.05) is 5.75 Å². The van der Waals surface area contributed by atoms with Gasteiger partial charge in [0.1, 0.15) is 23.7 Å². The topological polar surface area (TPSA) is 116 Å². The molecule has 0 aromatic heterocycles. The van der Waals surface area contributed by atoms with Crippen molar-refractivity contribution < 1.29 is 19.2 Å². The van der Waals surface area contributed by atoms with Crippen LogP contribution in [0.4, 0.5) is 5.69 Å². The molecule has 126 valence electrons. The fourth-order valence-corrected chi connectivity index (χ4v) is 3.89. The van der Waals surface area contributed by atoms with E-state index >= 15 is 0 Å². The van der Waals surface area contributed by atoms with Crippen molar-refractivity contribution in [1.29, 1.82) is 0 Å². The number of non-ortho nitro benzene ring substituents is 1. The number of rotatable bonds is 4. The number of amides is 1. The first-order valence-electron chi connectivity index (χ1n) is 6.89. The normalized spacial score (nSPS) is 22.8. The highest BCUT2D eigenvalue weighted by Gasteiger charge is 2.52. The third-order valence-corrected chi connectivity index (χ3v) is 5.45. The molecule has 8 nitrogen and oxygen atoms in total. The van der Waals surface area contributed by atoms with Gasteiger partial charge in [0.05, 0.1) is 9.96 Å². The van der Waals surface area contributed by atoms with Crippen LogP contribution in [0.15, 0.2) is 35.0 Å². The zero-order valence-electron chi connectivity index (χ0n) is 12.2. The van der Waals surface area contributed by atoms with E-state index in [-0.39, 0.29) is 34.3 Å². The van der Waals surface area contributed by atoms with E-state index in [9.17, 15) is 19.7 Å². The second kappa shape index (κ2) is 6.42. The van der Waals surface area contributed by atoms with E-state index in [0.717, 1.165) is 0 Å². The van der Waals surface area contributed by atoms with E-state index in [4.69, 9.17) is 22.1 Å². The van der Waals surface area contributed by atoms with Gasteiger partial charge in [-0.2, -0.15) is 0 Å². The smallest absolute Gasteiger partial charge is 0.356 e. The van der Waals surface area contributed by atoms with E-state index in [1.807, 2.05) is 0 Å². The van der Waals surface area contributed by atoms with Gasteiger partial charge in [0.2, 0.25) is 5.91 Å². The molecule has 2 N–H and O–H groups in total. The molecule has 2 aliphatic rings. The highest BCUT2D eigenvalue weighted by atomic mass is 35.5. The van der Waals surface area contributed by atoms with Crippen LogP contribution in [0, 0.1) is 10.1 Å². The number of nitro benzene ring substituents is 1. The van der Waals surface area contributed by atoms with Gasteiger partial charge < -0.3 is 10.5 Å². The second-order valence-electron chi connectivity index (χ2n) is 5.19. The van der Waals surface area contributed by atoms with Crippen molar-refractivity contribution in [3.05, 3.63) is 50.7 Å². The summed E-state index contributed by atoms with van der Waals surface area (Å²) in [4.78, 5) is 35.5. The van der Waals surface area contributed by atoms with Crippen LogP contribution < -0.4 is 5.73 Å². The first-order chi connectivity index (χ1) is 11.4. The van der Waals surface area contributed by atoms with Gasteiger partial charge in [-0.25, -0.2) is 4.79 Å². The van der Waals surface area contributed by atoms with Crippen molar-refractivity contribution >= 4 is 40.9 Å². The minimum absolute atomic E-state index is 0.0222. The summed E-state index contributed by atoms with van der Waals surface area (Å²) in [6.45, 7) is -0.0869. The third-order valence-electron chi connectivity index (χ3n) is 3.67. The Balaban J connectivity index is 1.68. The maximum Gasteiger partial charge on any atom is 0.356 e. The van der Waals surface area contributed by atoms with Crippen molar-refractivity contribution in [1.82, 2.24) is 4.90 Å². The molecule has 2 atom stereocenters. The highest BCUT2D eigenvalue weighted by molar-refractivity contribution is 8.00. The number of fused-ring (bicyclic) bond motifs is 1. The summed E-state index contributed by atoms with van der Waals surface area (Å²) in [6.07, 6.45) is 0. The third kappa shape index (κ3) is 2.85. The molecule has 1 saturated heterocycles. The van der Waals surface area contributed by atoms with Crippen LogP contribution in [0.5, 0.6) is 0 Å². The van der Waals surface area contributed by atoms with E-state index in [1.165, 1.54) is 40.9 Å². The van der Waals surface area contributed by atoms with Crippen molar-refractivity contribution in [3.63, 3.8) is 0 Å². The minimum atomic E-state index is -0.719. The molecule has 0 unspecified atom stereocenters. The number of nitrogens with zero attached hydrogens (tertiary/aromatic N) is 2. The molecule has 1 aromatic carbocycles. The monoisotopic (exact) mass is 369 g/mol. The quantitative estimate of drug-likeness (QED) is 0.368. The summed E-state index contributed by atoms with van der Waals surface area (Å²) in [7, 11) is 0. The second-order valence-corrected chi connectivity index (χ2v) is 6.75. The Morgan fingerprint density at radius 2 is 2.12 bits per heavy atom. The average Bonchev–Trinajstić information content (AvgIpc) is 2.59. The fraction of sp³-hybridized carbons (Fsp3) is 0.286. The summed E-state index contributed by atoms with van der Waals surface area (Å²) in [5.41, 5.74) is 6.26. The molecule has 0 spiro atoms. The maximum atomic E-state index is 12.3. The van der Waals surface area contributed by atoms with Crippen LogP contribution in [-0.2, 0) is 20.9 Å². The molecule has 0 bridgehead atoms. The number of thioether (sulfide) groups is 1. The van der Waals surface area contributed by atoms with Gasteiger partial charge in [0, 0.05) is 17.9 Å². The lowest BCUT2D eigenvalue weighted by atomic mass is 10.1. The van der Waals surface area contributed by atoms with Crippen molar-refractivity contribution in [2.24, 2.45) is 5.73 Å². The lowest BCUT2D eigenvalue weighted by Crippen LogP contribution is -2.68. The molecular weight excluding hydrogens is 358 g/mol.